The minimum atomic E-state index is -0.366. The number of ketones is 1. The maximum atomic E-state index is 12.1. The van der Waals surface area contributed by atoms with Crippen LogP contribution in [0.4, 0.5) is 0 Å². The molecule has 0 fully saturated rings. The molecule has 2 aliphatic carbocycles. The number of carbonyl (C=O) groups excluding carboxylic acids is 1. The van der Waals surface area contributed by atoms with Crippen LogP contribution in [-0.2, 0) is 17.6 Å². The van der Waals surface area contributed by atoms with Gasteiger partial charge in [0.2, 0.25) is 0 Å². The first kappa shape index (κ1) is 16.7. The smallest absolute Gasteiger partial charge is 0.149 e. The van der Waals surface area contributed by atoms with E-state index in [4.69, 9.17) is 0 Å². The van der Waals surface area contributed by atoms with Crippen molar-refractivity contribution in [3.63, 3.8) is 0 Å². The van der Waals surface area contributed by atoms with Gasteiger partial charge >= 0.3 is 0 Å². The number of nitrogens with zero attached hydrogens (tertiary/aromatic N) is 1. The number of carbonyl (C=O) groups is 1. The average Bonchev–Trinajstić information content (AvgIpc) is 2.55. The van der Waals surface area contributed by atoms with E-state index in [1.165, 1.54) is 24.0 Å². The molecule has 0 amide bonds. The molecule has 1 aromatic carbocycles. The lowest BCUT2D eigenvalue weighted by Crippen LogP contribution is -2.12. The summed E-state index contributed by atoms with van der Waals surface area (Å²) >= 11 is 0. The van der Waals surface area contributed by atoms with Gasteiger partial charge in [-0.05, 0) is 49.7 Å². The topological polar surface area (TPSA) is 40.9 Å². The zero-order chi connectivity index (χ0) is 15.6. The van der Waals surface area contributed by atoms with E-state index in [0.29, 0.717) is 6.42 Å². The highest BCUT2D eigenvalue weighted by atomic mass is 16.1. The SMILES string of the molecule is N#C[C@H]1CCCCCc2ccc(cc2)CCCCCCC1=O. The molecule has 3 rings (SSSR count). The second kappa shape index (κ2) is 9.41. The van der Waals surface area contributed by atoms with E-state index in [2.05, 4.69) is 30.3 Å². The summed E-state index contributed by atoms with van der Waals surface area (Å²) in [6.45, 7) is 0. The molecule has 0 N–H and O–H groups in total. The molecule has 2 nitrogen and oxygen atoms in total. The molecule has 22 heavy (non-hydrogen) atoms. The summed E-state index contributed by atoms with van der Waals surface area (Å²) in [6, 6.07) is 11.3. The third-order valence-electron chi connectivity index (χ3n) is 4.66. The third-order valence-corrected chi connectivity index (χ3v) is 4.66. The summed E-state index contributed by atoms with van der Waals surface area (Å²) in [6.07, 6.45) is 11.2. The Hall–Kier alpha value is -1.62. The summed E-state index contributed by atoms with van der Waals surface area (Å²) in [5.74, 6) is -0.200. The Morgan fingerprint density at radius 2 is 1.27 bits per heavy atom. The Balaban J connectivity index is 1.91. The van der Waals surface area contributed by atoms with Crippen LogP contribution in [0.3, 0.4) is 0 Å². The van der Waals surface area contributed by atoms with Crippen molar-refractivity contribution in [2.45, 2.75) is 70.6 Å². The summed E-state index contributed by atoms with van der Waals surface area (Å²) < 4.78 is 0. The van der Waals surface area contributed by atoms with E-state index < -0.39 is 0 Å². The molecule has 0 aliphatic heterocycles. The maximum Gasteiger partial charge on any atom is 0.149 e. The minimum absolute atomic E-state index is 0.166. The number of Topliss-reactive ketones (excluding diaryl/α,β-unsaturated/α-hetero) is 1. The van der Waals surface area contributed by atoms with Gasteiger partial charge in [-0.2, -0.15) is 5.26 Å². The molecular formula is C20H27NO. The molecule has 0 heterocycles. The van der Waals surface area contributed by atoms with Gasteiger partial charge in [-0.25, -0.2) is 0 Å². The lowest BCUT2D eigenvalue weighted by Gasteiger charge is -2.08. The summed E-state index contributed by atoms with van der Waals surface area (Å²) in [7, 11) is 0. The van der Waals surface area contributed by atoms with Crippen LogP contribution in [0.15, 0.2) is 24.3 Å². The summed E-state index contributed by atoms with van der Waals surface area (Å²) in [4.78, 5) is 12.1. The summed E-state index contributed by atoms with van der Waals surface area (Å²) in [5.41, 5.74) is 2.83. The number of aryl methyl sites for hydroxylation is 2. The van der Waals surface area contributed by atoms with Gasteiger partial charge in [-0.1, -0.05) is 49.9 Å². The quantitative estimate of drug-likeness (QED) is 0.675. The number of nitriles is 1. The normalized spacial score (nSPS) is 22.0. The van der Waals surface area contributed by atoms with Gasteiger partial charge in [0.1, 0.15) is 11.7 Å². The highest BCUT2D eigenvalue weighted by Crippen LogP contribution is 2.17. The molecule has 0 saturated heterocycles. The molecule has 0 unspecified atom stereocenters. The molecule has 2 heteroatoms. The Morgan fingerprint density at radius 3 is 1.82 bits per heavy atom. The van der Waals surface area contributed by atoms with Crippen molar-refractivity contribution in [2.75, 3.05) is 0 Å². The first-order valence-electron chi connectivity index (χ1n) is 8.80. The second-order valence-corrected chi connectivity index (χ2v) is 6.48. The van der Waals surface area contributed by atoms with Crippen LogP contribution in [0, 0.1) is 17.2 Å². The number of benzene rings is 1. The van der Waals surface area contributed by atoms with Crippen molar-refractivity contribution in [2.24, 2.45) is 5.92 Å². The molecule has 0 saturated carbocycles. The Bertz CT molecular complexity index is 497. The van der Waals surface area contributed by atoms with Crippen molar-refractivity contribution in [1.29, 1.82) is 5.26 Å². The van der Waals surface area contributed by atoms with Crippen molar-refractivity contribution in [1.82, 2.24) is 0 Å². The zero-order valence-electron chi connectivity index (χ0n) is 13.5. The van der Waals surface area contributed by atoms with Gasteiger partial charge in [0, 0.05) is 6.42 Å². The fraction of sp³-hybridized carbons (Fsp3) is 0.600. The summed E-state index contributed by atoms with van der Waals surface area (Å²) in [5, 5.41) is 9.18. The second-order valence-electron chi connectivity index (χ2n) is 6.48. The van der Waals surface area contributed by atoms with Gasteiger partial charge in [0.25, 0.3) is 0 Å². The fourth-order valence-electron chi connectivity index (χ4n) is 3.18. The van der Waals surface area contributed by atoms with Crippen LogP contribution >= 0.6 is 0 Å². The zero-order valence-corrected chi connectivity index (χ0v) is 13.5. The van der Waals surface area contributed by atoms with Gasteiger partial charge in [-0.3, -0.25) is 4.79 Å². The molecule has 1 atom stereocenters. The molecular weight excluding hydrogens is 270 g/mol. The van der Waals surface area contributed by atoms with Gasteiger partial charge in [0.05, 0.1) is 6.07 Å². The fourth-order valence-corrected chi connectivity index (χ4v) is 3.18. The number of rotatable bonds is 0. The molecule has 118 valence electrons. The van der Waals surface area contributed by atoms with Gasteiger partial charge < -0.3 is 0 Å². The average molecular weight is 297 g/mol. The minimum Gasteiger partial charge on any atom is -0.298 e. The maximum absolute atomic E-state index is 12.1. The van der Waals surface area contributed by atoms with Crippen LogP contribution < -0.4 is 0 Å². The Labute approximate surface area is 134 Å². The standard InChI is InChI=1S/C20H27NO/c21-16-19-10-6-3-5-9-18-14-12-17(13-15-18)8-4-1-2-7-11-20(19)22/h12-15,19H,1-11H2/t19-/m1/s1. The van der Waals surface area contributed by atoms with E-state index in [0.717, 1.165) is 51.4 Å². The van der Waals surface area contributed by atoms with Crippen molar-refractivity contribution >= 4 is 5.78 Å². The molecule has 2 aliphatic rings. The van der Waals surface area contributed by atoms with E-state index in [1.807, 2.05) is 0 Å². The number of hydrogen-bond donors (Lipinski definition) is 0. The first-order chi connectivity index (χ1) is 10.8. The molecule has 2 bridgehead atoms. The van der Waals surface area contributed by atoms with Crippen LogP contribution in [0.1, 0.15) is 68.9 Å². The predicted octanol–water partition coefficient (Wildman–Crippen LogP) is 5.00. The Kier molecular flexibility index (Phi) is 7.16. The number of hydrogen-bond acceptors (Lipinski definition) is 2. The molecule has 0 aromatic heterocycles. The highest BCUT2D eigenvalue weighted by Gasteiger charge is 2.16. The van der Waals surface area contributed by atoms with Crippen LogP contribution in [-0.4, -0.2) is 5.78 Å². The van der Waals surface area contributed by atoms with Gasteiger partial charge in [-0.15, -0.1) is 0 Å². The third kappa shape index (κ3) is 5.64. The predicted molar refractivity (Wildman–Crippen MR) is 89.5 cm³/mol. The van der Waals surface area contributed by atoms with Gasteiger partial charge in [0.15, 0.2) is 0 Å². The molecule has 0 radical (unpaired) electrons. The van der Waals surface area contributed by atoms with Crippen LogP contribution in [0.25, 0.3) is 0 Å². The van der Waals surface area contributed by atoms with Crippen molar-refractivity contribution in [3.05, 3.63) is 35.4 Å². The first-order valence-corrected chi connectivity index (χ1v) is 8.80. The van der Waals surface area contributed by atoms with E-state index in [9.17, 15) is 10.1 Å². The van der Waals surface area contributed by atoms with E-state index in [-0.39, 0.29) is 11.7 Å². The van der Waals surface area contributed by atoms with Crippen LogP contribution in [0.2, 0.25) is 0 Å². The monoisotopic (exact) mass is 297 g/mol. The number of fused-ring (bicyclic) bond motifs is 14. The van der Waals surface area contributed by atoms with Crippen molar-refractivity contribution < 1.29 is 4.79 Å². The molecule has 0 spiro atoms. The van der Waals surface area contributed by atoms with E-state index >= 15 is 0 Å². The lowest BCUT2D eigenvalue weighted by atomic mass is 9.94. The Morgan fingerprint density at radius 1 is 0.773 bits per heavy atom. The van der Waals surface area contributed by atoms with E-state index in [1.54, 1.807) is 0 Å². The van der Waals surface area contributed by atoms with Crippen molar-refractivity contribution in [3.8, 4) is 6.07 Å². The van der Waals surface area contributed by atoms with Crippen LogP contribution in [0.5, 0.6) is 0 Å². The highest BCUT2D eigenvalue weighted by molar-refractivity contribution is 5.83. The largest absolute Gasteiger partial charge is 0.298 e. The molecule has 1 aromatic rings. The lowest BCUT2D eigenvalue weighted by molar-refractivity contribution is -0.121.